The molecule has 0 saturated carbocycles. The molecule has 2 rings (SSSR count). The molecule has 1 unspecified atom stereocenters. The van der Waals surface area contributed by atoms with Crippen LogP contribution in [0.3, 0.4) is 0 Å². The van der Waals surface area contributed by atoms with Crippen LogP contribution >= 0.6 is 0 Å². The van der Waals surface area contributed by atoms with Gasteiger partial charge in [0.15, 0.2) is 0 Å². The van der Waals surface area contributed by atoms with Gasteiger partial charge < -0.3 is 20.3 Å². The minimum atomic E-state index is -0.638. The number of aryl methyl sites for hydroxylation is 1. The largest absolute Gasteiger partial charge is 0.494 e. The Balaban J connectivity index is 1.92. The van der Waals surface area contributed by atoms with Gasteiger partial charge in [0.1, 0.15) is 11.8 Å². The summed E-state index contributed by atoms with van der Waals surface area (Å²) in [5, 5.41) is 5.73. The lowest BCUT2D eigenvalue weighted by atomic mass is 10.0. The van der Waals surface area contributed by atoms with Crippen molar-refractivity contribution in [2.75, 3.05) is 32.6 Å². The Morgan fingerprint density at radius 2 is 1.63 bits per heavy atom. The molecule has 0 bridgehead atoms. The first-order valence-electron chi connectivity index (χ1n) is 10.3. The lowest BCUT2D eigenvalue weighted by molar-refractivity contribution is -0.118. The minimum Gasteiger partial charge on any atom is -0.494 e. The average Bonchev–Trinajstić information content (AvgIpc) is 2.70. The number of rotatable bonds is 10. The third-order valence-corrected chi connectivity index (χ3v) is 4.69. The quantitative estimate of drug-likeness (QED) is 0.585. The Hall–Kier alpha value is -2.86. The highest BCUT2D eigenvalue weighted by molar-refractivity contribution is 6.01. The number of hydrogen-bond donors (Lipinski definition) is 2. The van der Waals surface area contributed by atoms with Gasteiger partial charge in [-0.2, -0.15) is 0 Å². The minimum absolute atomic E-state index is 0.0568. The van der Waals surface area contributed by atoms with Crippen LogP contribution in [-0.2, 0) is 4.79 Å². The second-order valence-electron chi connectivity index (χ2n) is 8.08. The van der Waals surface area contributed by atoms with E-state index in [1.807, 2.05) is 59.1 Å². The Bertz CT molecular complexity index is 815. The van der Waals surface area contributed by atoms with E-state index in [0.29, 0.717) is 17.9 Å². The number of hydrogen-bond acceptors (Lipinski definition) is 4. The fourth-order valence-electron chi connectivity index (χ4n) is 2.89. The Kier molecular flexibility index (Phi) is 8.87. The first-order valence-corrected chi connectivity index (χ1v) is 10.3. The van der Waals surface area contributed by atoms with Crippen LogP contribution in [-0.4, -0.2) is 50.0 Å². The van der Waals surface area contributed by atoms with Gasteiger partial charge in [-0.3, -0.25) is 9.59 Å². The van der Waals surface area contributed by atoms with Crippen molar-refractivity contribution in [3.8, 4) is 5.75 Å². The molecule has 2 aromatic rings. The summed E-state index contributed by atoms with van der Waals surface area (Å²) in [6.45, 7) is 7.39. The molecule has 30 heavy (non-hydrogen) atoms. The van der Waals surface area contributed by atoms with Gasteiger partial charge >= 0.3 is 0 Å². The second-order valence-corrected chi connectivity index (χ2v) is 8.08. The molecule has 0 aromatic heterocycles. The maximum absolute atomic E-state index is 12.8. The number of nitrogens with one attached hydrogen (secondary N) is 2. The molecule has 0 heterocycles. The molecule has 162 valence electrons. The van der Waals surface area contributed by atoms with Gasteiger partial charge in [-0.15, -0.1) is 0 Å². The predicted octanol–water partition coefficient (Wildman–Crippen LogP) is 3.72. The molecular formula is C24H33N3O3. The summed E-state index contributed by atoms with van der Waals surface area (Å²) in [5.41, 5.74) is 2.28. The predicted molar refractivity (Wildman–Crippen MR) is 121 cm³/mol. The Morgan fingerprint density at radius 3 is 2.20 bits per heavy atom. The molecule has 6 heteroatoms. The summed E-state index contributed by atoms with van der Waals surface area (Å²) in [6.07, 6.45) is 0.947. The average molecular weight is 412 g/mol. The number of benzene rings is 2. The third-order valence-electron chi connectivity index (χ3n) is 4.69. The molecule has 2 N–H and O–H groups in total. The lowest BCUT2D eigenvalue weighted by Crippen LogP contribution is -2.47. The van der Waals surface area contributed by atoms with E-state index < -0.39 is 6.04 Å². The summed E-state index contributed by atoms with van der Waals surface area (Å²) in [5.74, 6) is 0.203. The number of carbonyl (C=O) groups is 2. The van der Waals surface area contributed by atoms with Gasteiger partial charge in [0.05, 0.1) is 6.61 Å². The van der Waals surface area contributed by atoms with Gasteiger partial charge in [0.25, 0.3) is 5.91 Å². The number of carbonyl (C=O) groups excluding carboxylic acids is 2. The zero-order chi connectivity index (χ0) is 22.1. The zero-order valence-corrected chi connectivity index (χ0v) is 18.6. The second kappa shape index (κ2) is 11.4. The van der Waals surface area contributed by atoms with E-state index in [1.54, 1.807) is 24.3 Å². The van der Waals surface area contributed by atoms with Crippen LogP contribution in [0.4, 0.5) is 5.69 Å². The molecule has 1 atom stereocenters. The van der Waals surface area contributed by atoms with E-state index in [1.165, 1.54) is 0 Å². The summed E-state index contributed by atoms with van der Waals surface area (Å²) in [6, 6.07) is 13.9. The molecule has 0 fully saturated rings. The van der Waals surface area contributed by atoms with Crippen molar-refractivity contribution in [2.24, 2.45) is 5.92 Å². The van der Waals surface area contributed by atoms with Crippen LogP contribution in [0.5, 0.6) is 5.75 Å². The monoisotopic (exact) mass is 411 g/mol. The van der Waals surface area contributed by atoms with Crippen LogP contribution < -0.4 is 15.4 Å². The molecule has 2 aromatic carbocycles. The molecule has 0 radical (unpaired) electrons. The van der Waals surface area contributed by atoms with Gasteiger partial charge in [0.2, 0.25) is 5.91 Å². The van der Waals surface area contributed by atoms with Gasteiger partial charge in [-0.1, -0.05) is 31.5 Å². The normalized spacial score (nSPS) is 12.0. The van der Waals surface area contributed by atoms with Crippen molar-refractivity contribution < 1.29 is 14.3 Å². The Labute approximate surface area is 179 Å². The van der Waals surface area contributed by atoms with E-state index in [-0.39, 0.29) is 17.7 Å². The maximum atomic E-state index is 12.8. The number of nitrogens with zero attached hydrogens (tertiary/aromatic N) is 1. The smallest absolute Gasteiger partial charge is 0.251 e. The molecule has 0 aliphatic rings. The molecular weight excluding hydrogens is 378 g/mol. The molecule has 0 aliphatic carbocycles. The van der Waals surface area contributed by atoms with Crippen LogP contribution in [0.2, 0.25) is 0 Å². The van der Waals surface area contributed by atoms with Crippen LogP contribution in [0, 0.1) is 12.8 Å². The number of anilines is 1. The SMILES string of the molecule is Cc1ccc(C(=O)NC(C(=O)Nc2ccc(OCCCN(C)C)cc2)C(C)C)cc1. The van der Waals surface area contributed by atoms with Gasteiger partial charge in [-0.25, -0.2) is 0 Å². The highest BCUT2D eigenvalue weighted by atomic mass is 16.5. The summed E-state index contributed by atoms with van der Waals surface area (Å²) in [4.78, 5) is 27.4. The molecule has 6 nitrogen and oxygen atoms in total. The van der Waals surface area contributed by atoms with Crippen LogP contribution in [0.1, 0.15) is 36.2 Å². The number of amides is 2. The third kappa shape index (κ3) is 7.52. The lowest BCUT2D eigenvalue weighted by Gasteiger charge is -2.22. The highest BCUT2D eigenvalue weighted by Gasteiger charge is 2.24. The first-order chi connectivity index (χ1) is 14.3. The highest BCUT2D eigenvalue weighted by Crippen LogP contribution is 2.17. The van der Waals surface area contributed by atoms with E-state index in [9.17, 15) is 9.59 Å². The standard InChI is InChI=1S/C24H33N3O3/c1-17(2)22(26-23(28)19-9-7-18(3)8-10-19)24(29)25-20-11-13-21(14-12-20)30-16-6-15-27(4)5/h7-14,17,22H,6,15-16H2,1-5H3,(H,25,29)(H,26,28). The summed E-state index contributed by atoms with van der Waals surface area (Å²) in [7, 11) is 4.07. The van der Waals surface area contributed by atoms with Crippen molar-refractivity contribution in [3.63, 3.8) is 0 Å². The van der Waals surface area contributed by atoms with Crippen molar-refractivity contribution in [1.29, 1.82) is 0 Å². The van der Waals surface area contributed by atoms with E-state index in [4.69, 9.17) is 4.74 Å². The van der Waals surface area contributed by atoms with E-state index in [2.05, 4.69) is 15.5 Å². The van der Waals surface area contributed by atoms with Crippen LogP contribution in [0.25, 0.3) is 0 Å². The van der Waals surface area contributed by atoms with Gasteiger partial charge in [-0.05, 0) is 69.8 Å². The summed E-state index contributed by atoms with van der Waals surface area (Å²) >= 11 is 0. The van der Waals surface area contributed by atoms with E-state index in [0.717, 1.165) is 24.3 Å². The molecule has 2 amide bonds. The van der Waals surface area contributed by atoms with Crippen molar-refractivity contribution in [3.05, 3.63) is 59.7 Å². The molecule has 0 aliphatic heterocycles. The van der Waals surface area contributed by atoms with Crippen molar-refractivity contribution >= 4 is 17.5 Å². The van der Waals surface area contributed by atoms with Crippen molar-refractivity contribution in [2.45, 2.75) is 33.2 Å². The zero-order valence-electron chi connectivity index (χ0n) is 18.6. The summed E-state index contributed by atoms with van der Waals surface area (Å²) < 4.78 is 5.72. The maximum Gasteiger partial charge on any atom is 0.251 e. The molecule has 0 spiro atoms. The number of ether oxygens (including phenoxy) is 1. The van der Waals surface area contributed by atoms with Crippen LogP contribution in [0.15, 0.2) is 48.5 Å². The van der Waals surface area contributed by atoms with Gasteiger partial charge in [0, 0.05) is 17.8 Å². The topological polar surface area (TPSA) is 70.7 Å². The molecule has 0 saturated heterocycles. The fraction of sp³-hybridized carbons (Fsp3) is 0.417. The van der Waals surface area contributed by atoms with E-state index >= 15 is 0 Å². The fourth-order valence-corrected chi connectivity index (χ4v) is 2.89. The Morgan fingerprint density at radius 1 is 1.00 bits per heavy atom. The first kappa shape index (κ1) is 23.4. The van der Waals surface area contributed by atoms with Crippen molar-refractivity contribution in [1.82, 2.24) is 10.2 Å².